The summed E-state index contributed by atoms with van der Waals surface area (Å²) in [6, 6.07) is 37.7. The number of hydrogen-bond donors (Lipinski definition) is 0. The minimum Gasteiger partial charge on any atom is -0.376 e. The van der Waals surface area contributed by atoms with Gasteiger partial charge in [-0.05, 0) is 96.1 Å². The Morgan fingerprint density at radius 1 is 0.638 bits per heavy atom. The van der Waals surface area contributed by atoms with Crippen LogP contribution in [0.2, 0.25) is 0 Å². The fourth-order valence-corrected chi connectivity index (χ4v) is 6.64. The Balaban J connectivity index is 1.46. The molecule has 0 N–H and O–H groups in total. The van der Waals surface area contributed by atoms with E-state index in [0.717, 1.165) is 46.7 Å². The average molecular weight is 651 g/mol. The van der Waals surface area contributed by atoms with Gasteiger partial charge in [-0.25, -0.2) is 0 Å². The molecule has 5 aromatic carbocycles. The molecule has 0 bridgehead atoms. The lowest BCUT2D eigenvalue weighted by Crippen LogP contribution is -2.28. The van der Waals surface area contributed by atoms with Crippen LogP contribution in [0, 0.1) is 0 Å². The lowest BCUT2D eigenvalue weighted by molar-refractivity contribution is -0.0500. The number of rotatable bonds is 8. The monoisotopic (exact) mass is 650 g/mol. The number of alkyl halides is 3. The Morgan fingerprint density at radius 3 is 1.98 bits per heavy atom. The first kappa shape index (κ1) is 30.4. The van der Waals surface area contributed by atoms with Crippen molar-refractivity contribution in [2.45, 2.75) is 24.8 Å². The van der Waals surface area contributed by atoms with Crippen LogP contribution in [-0.2, 0) is 16.5 Å². The summed E-state index contributed by atoms with van der Waals surface area (Å²) < 4.78 is 69.5. The summed E-state index contributed by atoms with van der Waals surface area (Å²) in [4.78, 5) is 3.99. The molecule has 2 aliphatic rings. The quantitative estimate of drug-likeness (QED) is 0.121. The summed E-state index contributed by atoms with van der Waals surface area (Å²) >= 11 is 0. The summed E-state index contributed by atoms with van der Waals surface area (Å²) in [5.41, 5.74) is 3.37. The van der Waals surface area contributed by atoms with Gasteiger partial charge in [0.2, 0.25) is 0 Å². The number of para-hydroxylation sites is 2. The van der Waals surface area contributed by atoms with Crippen molar-refractivity contribution in [3.8, 4) is 16.9 Å². The van der Waals surface area contributed by atoms with Gasteiger partial charge in [0.15, 0.2) is 0 Å². The van der Waals surface area contributed by atoms with E-state index in [2.05, 4.69) is 35.2 Å². The Labute approximate surface area is 271 Å². The van der Waals surface area contributed by atoms with Gasteiger partial charge in [0.1, 0.15) is 5.75 Å². The Hall–Kier alpha value is -5.28. The first-order chi connectivity index (χ1) is 22.7. The van der Waals surface area contributed by atoms with Crippen molar-refractivity contribution >= 4 is 38.6 Å². The molecular weight excluding hydrogens is 621 g/mol. The van der Waals surface area contributed by atoms with E-state index in [1.165, 1.54) is 23.3 Å². The average Bonchev–Trinajstić information content (AvgIpc) is 3.45. The number of fused-ring (bicyclic) bond motifs is 3. The van der Waals surface area contributed by atoms with E-state index in [1.807, 2.05) is 95.9 Å². The molecule has 236 valence electrons. The molecule has 0 radical (unpaired) electrons. The number of benzene rings is 5. The smallest absolute Gasteiger partial charge is 0.376 e. The number of hydrogen-bond acceptors (Lipinski definition) is 5. The van der Waals surface area contributed by atoms with Crippen molar-refractivity contribution in [2.24, 2.45) is 0 Å². The van der Waals surface area contributed by atoms with E-state index in [1.54, 1.807) is 6.07 Å². The Bertz CT molecular complexity index is 2110. The summed E-state index contributed by atoms with van der Waals surface area (Å²) in [5, 5.41) is 0. The van der Waals surface area contributed by atoms with Crippen LogP contribution in [0.1, 0.15) is 24.0 Å². The van der Waals surface area contributed by atoms with E-state index in [9.17, 15) is 21.6 Å². The Morgan fingerprint density at radius 2 is 1.30 bits per heavy atom. The van der Waals surface area contributed by atoms with Crippen LogP contribution in [0.4, 0.5) is 41.6 Å². The molecule has 0 heterocycles. The van der Waals surface area contributed by atoms with Crippen molar-refractivity contribution in [3.05, 3.63) is 156 Å². The first-order valence-corrected chi connectivity index (χ1v) is 16.5. The van der Waals surface area contributed by atoms with Crippen LogP contribution in [-0.4, -0.2) is 13.9 Å². The predicted octanol–water partition coefficient (Wildman–Crippen LogP) is 10.3. The zero-order chi connectivity index (χ0) is 32.6. The van der Waals surface area contributed by atoms with Crippen LogP contribution in [0.3, 0.4) is 0 Å². The molecule has 0 saturated carbocycles. The molecule has 2 aliphatic carbocycles. The largest absolute Gasteiger partial charge is 0.534 e. The van der Waals surface area contributed by atoms with Gasteiger partial charge in [0.05, 0.1) is 11.4 Å². The highest BCUT2D eigenvalue weighted by atomic mass is 32.2. The minimum absolute atomic E-state index is 0.431. The Kier molecular flexibility index (Phi) is 7.85. The number of anilines is 5. The molecule has 5 nitrogen and oxygen atoms in total. The van der Waals surface area contributed by atoms with Crippen molar-refractivity contribution in [1.29, 1.82) is 0 Å². The van der Waals surface area contributed by atoms with Gasteiger partial charge in [-0.15, -0.1) is 0 Å². The van der Waals surface area contributed by atoms with Crippen molar-refractivity contribution in [3.63, 3.8) is 0 Å². The molecule has 0 fully saturated rings. The van der Waals surface area contributed by atoms with Crippen LogP contribution in [0.5, 0.6) is 5.75 Å². The minimum atomic E-state index is -5.92. The molecule has 0 aromatic heterocycles. The predicted molar refractivity (Wildman–Crippen MR) is 180 cm³/mol. The third kappa shape index (κ3) is 5.90. The fraction of sp³-hybridized carbons (Fsp3) is 0.105. The lowest BCUT2D eigenvalue weighted by atomic mass is 10.0. The molecular formula is C38H29F3N2O3S. The summed E-state index contributed by atoms with van der Waals surface area (Å²) in [5.74, 6) is -0.457. The van der Waals surface area contributed by atoms with Gasteiger partial charge in [-0.2, -0.15) is 21.6 Å². The van der Waals surface area contributed by atoms with Gasteiger partial charge in [0, 0.05) is 28.8 Å². The first-order valence-electron chi connectivity index (χ1n) is 15.1. The molecule has 5 aromatic rings. The maximum absolute atomic E-state index is 13.5. The van der Waals surface area contributed by atoms with Crippen LogP contribution in [0.15, 0.2) is 145 Å². The van der Waals surface area contributed by atoms with Crippen LogP contribution >= 0.6 is 0 Å². The molecule has 7 rings (SSSR count). The highest BCUT2D eigenvalue weighted by Gasteiger charge is 2.48. The zero-order valence-corrected chi connectivity index (χ0v) is 25.9. The van der Waals surface area contributed by atoms with Crippen molar-refractivity contribution < 1.29 is 25.8 Å². The van der Waals surface area contributed by atoms with E-state index in [-0.39, 0.29) is 0 Å². The van der Waals surface area contributed by atoms with Gasteiger partial charge in [-0.1, -0.05) is 78.9 Å². The van der Waals surface area contributed by atoms with Crippen molar-refractivity contribution in [1.82, 2.24) is 0 Å². The number of halogens is 3. The zero-order valence-electron chi connectivity index (χ0n) is 25.1. The van der Waals surface area contributed by atoms with Gasteiger partial charge < -0.3 is 14.0 Å². The third-order valence-electron chi connectivity index (χ3n) is 8.26. The van der Waals surface area contributed by atoms with Gasteiger partial charge >= 0.3 is 15.6 Å². The maximum atomic E-state index is 13.5. The molecule has 0 spiro atoms. The molecule has 0 saturated heterocycles. The summed E-state index contributed by atoms with van der Waals surface area (Å²) in [6.45, 7) is 0. The third-order valence-corrected chi connectivity index (χ3v) is 9.24. The van der Waals surface area contributed by atoms with E-state index >= 15 is 0 Å². The van der Waals surface area contributed by atoms with E-state index < -0.39 is 21.4 Å². The molecule has 0 unspecified atom stereocenters. The number of nitrogens with zero attached hydrogens (tertiary/aromatic N) is 2. The normalized spacial score (nSPS) is 13.8. The topological polar surface area (TPSA) is 49.9 Å². The highest BCUT2D eigenvalue weighted by Crippen LogP contribution is 2.48. The summed E-state index contributed by atoms with van der Waals surface area (Å²) in [7, 11) is -5.92. The van der Waals surface area contributed by atoms with Crippen LogP contribution in [0.25, 0.3) is 11.1 Å². The second-order valence-electron chi connectivity index (χ2n) is 11.3. The van der Waals surface area contributed by atoms with Crippen molar-refractivity contribution in [2.75, 3.05) is 9.80 Å². The van der Waals surface area contributed by atoms with E-state index in [4.69, 9.17) is 4.18 Å². The fourth-order valence-electron chi connectivity index (χ4n) is 6.19. The molecule has 47 heavy (non-hydrogen) atoms. The molecule has 0 amide bonds. The van der Waals surface area contributed by atoms with E-state index in [0.29, 0.717) is 17.8 Å². The molecule has 9 heteroatoms. The summed E-state index contributed by atoms with van der Waals surface area (Å²) in [6.07, 6.45) is 8.33. The molecule has 0 atom stereocenters. The highest BCUT2D eigenvalue weighted by molar-refractivity contribution is 7.88. The van der Waals surface area contributed by atoms with Gasteiger partial charge in [-0.3, -0.25) is 0 Å². The maximum Gasteiger partial charge on any atom is 0.534 e. The van der Waals surface area contributed by atoms with Crippen LogP contribution < -0.4 is 14.0 Å². The second-order valence-corrected chi connectivity index (χ2v) is 12.8. The van der Waals surface area contributed by atoms with Gasteiger partial charge in [0.25, 0.3) is 0 Å². The lowest BCUT2D eigenvalue weighted by Gasteiger charge is -2.35. The SMILES string of the molecule is O=S(=O)(Oc1ccc(N(C2=CC=CCC2)c2ccccc2)c(N(c2ccccc2)c2ccc3c(c2)Cc2ccccc2-3)c1)C(F)(F)F. The number of allylic oxidation sites excluding steroid dienone is 4. The second kappa shape index (κ2) is 12.1. The standard InChI is InChI=1S/C38H29F3N2O3S/c39-38(40,41)47(44,45)46-33-21-23-36(42(29-13-4-1-5-14-29)30-15-6-2-7-16-30)37(26-33)43(31-17-8-3-9-18-31)32-20-22-35-28(25-32)24-27-12-10-11-19-34(27)35/h1-6,8-15,17-23,25-26H,7,16,24H2. The molecule has 0 aliphatic heterocycles.